The Morgan fingerprint density at radius 3 is 2.50 bits per heavy atom. The minimum Gasteiger partial charge on any atom is -0.343 e. The summed E-state index contributed by atoms with van der Waals surface area (Å²) in [5.74, 6) is 0.761. The minimum atomic E-state index is 0.722. The predicted octanol–water partition coefficient (Wildman–Crippen LogP) is 6.36. The number of para-hydroxylation sites is 1. The van der Waals surface area contributed by atoms with Crippen LogP contribution in [-0.4, -0.2) is 26.0 Å². The molecule has 0 saturated heterocycles. The van der Waals surface area contributed by atoms with Gasteiger partial charge in [0.1, 0.15) is 0 Å². The number of rotatable bonds is 5. The SMILES string of the molecule is Clc1ccc(-c2ncc3c(n2)CN(Cc2cn(Cc4ccccc4)c4ccccc24)CC3)cc1. The van der Waals surface area contributed by atoms with E-state index in [4.69, 9.17) is 16.6 Å². The fraction of sp³-hybridized carbons (Fsp3) is 0.172. The lowest BCUT2D eigenvalue weighted by atomic mass is 10.1. The predicted molar refractivity (Wildman–Crippen MR) is 138 cm³/mol. The minimum absolute atomic E-state index is 0.722. The van der Waals surface area contributed by atoms with Crippen molar-refractivity contribution in [3.05, 3.63) is 119 Å². The van der Waals surface area contributed by atoms with Gasteiger partial charge in [-0.15, -0.1) is 0 Å². The highest BCUT2D eigenvalue weighted by Crippen LogP contribution is 2.27. The van der Waals surface area contributed by atoms with E-state index in [0.29, 0.717) is 0 Å². The molecule has 1 aliphatic heterocycles. The van der Waals surface area contributed by atoms with E-state index in [9.17, 15) is 0 Å². The maximum Gasteiger partial charge on any atom is 0.159 e. The molecule has 0 N–H and O–H groups in total. The first-order valence-electron chi connectivity index (χ1n) is 11.7. The molecule has 34 heavy (non-hydrogen) atoms. The maximum atomic E-state index is 6.05. The van der Waals surface area contributed by atoms with Crippen LogP contribution in [-0.2, 0) is 26.1 Å². The Bertz CT molecular complexity index is 1440. The molecule has 0 fully saturated rings. The first-order chi connectivity index (χ1) is 16.7. The van der Waals surface area contributed by atoms with Crippen molar-refractivity contribution < 1.29 is 0 Å². The van der Waals surface area contributed by atoms with Crippen LogP contribution < -0.4 is 0 Å². The molecule has 3 heterocycles. The van der Waals surface area contributed by atoms with E-state index in [1.165, 1.54) is 27.6 Å². The van der Waals surface area contributed by atoms with E-state index >= 15 is 0 Å². The van der Waals surface area contributed by atoms with Gasteiger partial charge in [-0.05, 0) is 53.4 Å². The molecule has 2 aromatic heterocycles. The van der Waals surface area contributed by atoms with Gasteiger partial charge in [0.25, 0.3) is 0 Å². The molecule has 0 atom stereocenters. The lowest BCUT2D eigenvalue weighted by Crippen LogP contribution is -2.31. The molecule has 0 spiro atoms. The summed E-state index contributed by atoms with van der Waals surface area (Å²) in [6, 6.07) is 27.1. The van der Waals surface area contributed by atoms with Crippen molar-refractivity contribution in [2.45, 2.75) is 26.1 Å². The molecule has 3 aromatic carbocycles. The Balaban J connectivity index is 1.26. The summed E-state index contributed by atoms with van der Waals surface area (Å²) in [6.45, 7) is 3.62. The number of hydrogen-bond acceptors (Lipinski definition) is 3. The molecule has 5 heteroatoms. The van der Waals surface area contributed by atoms with Crippen LogP contribution in [0.25, 0.3) is 22.3 Å². The lowest BCUT2D eigenvalue weighted by molar-refractivity contribution is 0.242. The van der Waals surface area contributed by atoms with Gasteiger partial charge < -0.3 is 4.57 Å². The molecule has 168 valence electrons. The second kappa shape index (κ2) is 9.05. The molecule has 6 rings (SSSR count). The molecule has 0 amide bonds. The van der Waals surface area contributed by atoms with Crippen molar-refractivity contribution in [3.63, 3.8) is 0 Å². The van der Waals surface area contributed by atoms with Gasteiger partial charge in [-0.3, -0.25) is 4.90 Å². The second-order valence-electron chi connectivity index (χ2n) is 8.92. The Labute approximate surface area is 204 Å². The van der Waals surface area contributed by atoms with Crippen molar-refractivity contribution in [2.75, 3.05) is 6.54 Å². The van der Waals surface area contributed by atoms with Crippen molar-refractivity contribution >= 4 is 22.5 Å². The molecule has 0 saturated carbocycles. The van der Waals surface area contributed by atoms with E-state index in [1.54, 1.807) is 0 Å². The highest BCUT2D eigenvalue weighted by atomic mass is 35.5. The van der Waals surface area contributed by atoms with E-state index in [1.807, 2.05) is 30.5 Å². The van der Waals surface area contributed by atoms with Crippen molar-refractivity contribution in [1.29, 1.82) is 0 Å². The summed E-state index contributed by atoms with van der Waals surface area (Å²) >= 11 is 6.05. The number of hydrogen-bond donors (Lipinski definition) is 0. The van der Waals surface area contributed by atoms with E-state index < -0.39 is 0 Å². The average molecular weight is 465 g/mol. The summed E-state index contributed by atoms with van der Waals surface area (Å²) in [5.41, 5.74) is 7.33. The number of fused-ring (bicyclic) bond motifs is 2. The van der Waals surface area contributed by atoms with Crippen molar-refractivity contribution in [1.82, 2.24) is 19.4 Å². The highest BCUT2D eigenvalue weighted by molar-refractivity contribution is 6.30. The fourth-order valence-electron chi connectivity index (χ4n) is 4.83. The standard InChI is InChI=1S/C29H25ClN4/c30-25-12-10-22(11-13-25)29-31-16-23-14-15-33(20-27(23)32-29)18-24-19-34(17-21-6-2-1-3-7-21)28-9-5-4-8-26(24)28/h1-13,16,19H,14-15,17-18,20H2. The topological polar surface area (TPSA) is 34.0 Å². The summed E-state index contributed by atoms with van der Waals surface area (Å²) < 4.78 is 2.37. The van der Waals surface area contributed by atoms with Crippen LogP contribution in [0, 0.1) is 0 Å². The third-order valence-corrected chi connectivity index (χ3v) is 6.84. The zero-order valence-corrected chi connectivity index (χ0v) is 19.6. The first kappa shape index (κ1) is 21.1. The fourth-order valence-corrected chi connectivity index (χ4v) is 4.96. The molecular weight excluding hydrogens is 440 g/mol. The van der Waals surface area contributed by atoms with Crippen LogP contribution in [0.3, 0.4) is 0 Å². The van der Waals surface area contributed by atoms with Crippen LogP contribution in [0.5, 0.6) is 0 Å². The normalized spacial score (nSPS) is 13.8. The quantitative estimate of drug-likeness (QED) is 0.303. The smallest absolute Gasteiger partial charge is 0.159 e. The van der Waals surface area contributed by atoms with E-state index in [0.717, 1.165) is 54.7 Å². The highest BCUT2D eigenvalue weighted by Gasteiger charge is 2.20. The summed E-state index contributed by atoms with van der Waals surface area (Å²) in [4.78, 5) is 12.0. The van der Waals surface area contributed by atoms with Crippen LogP contribution in [0.2, 0.25) is 5.02 Å². The number of benzene rings is 3. The maximum absolute atomic E-state index is 6.05. The van der Waals surface area contributed by atoms with Gasteiger partial charge in [-0.25, -0.2) is 9.97 Å². The van der Waals surface area contributed by atoms with Gasteiger partial charge in [0.15, 0.2) is 5.82 Å². The third kappa shape index (κ3) is 4.23. The summed E-state index contributed by atoms with van der Waals surface area (Å²) in [7, 11) is 0. The van der Waals surface area contributed by atoms with Gasteiger partial charge in [0, 0.05) is 60.1 Å². The van der Waals surface area contributed by atoms with Crippen LogP contribution in [0.4, 0.5) is 0 Å². The second-order valence-corrected chi connectivity index (χ2v) is 9.35. The van der Waals surface area contributed by atoms with E-state index in [-0.39, 0.29) is 0 Å². The Morgan fingerprint density at radius 1 is 0.853 bits per heavy atom. The zero-order chi connectivity index (χ0) is 22.9. The van der Waals surface area contributed by atoms with Gasteiger partial charge in [-0.2, -0.15) is 0 Å². The molecule has 0 aliphatic carbocycles. The molecule has 5 aromatic rings. The molecule has 1 aliphatic rings. The van der Waals surface area contributed by atoms with E-state index in [2.05, 4.69) is 75.2 Å². The lowest BCUT2D eigenvalue weighted by Gasteiger charge is -2.27. The molecule has 0 bridgehead atoms. The summed E-state index contributed by atoms with van der Waals surface area (Å²) in [6.07, 6.45) is 5.29. The van der Waals surface area contributed by atoms with Crippen LogP contribution in [0.15, 0.2) is 91.3 Å². The Hall–Kier alpha value is -3.47. The Morgan fingerprint density at radius 2 is 1.65 bits per heavy atom. The largest absolute Gasteiger partial charge is 0.343 e. The number of aromatic nitrogens is 3. The van der Waals surface area contributed by atoms with Gasteiger partial charge in [-0.1, -0.05) is 60.1 Å². The van der Waals surface area contributed by atoms with Crippen molar-refractivity contribution in [2.24, 2.45) is 0 Å². The molecule has 4 nitrogen and oxygen atoms in total. The molecule has 0 radical (unpaired) electrons. The third-order valence-electron chi connectivity index (χ3n) is 6.59. The van der Waals surface area contributed by atoms with Gasteiger partial charge >= 0.3 is 0 Å². The number of nitrogens with zero attached hydrogens (tertiary/aromatic N) is 4. The van der Waals surface area contributed by atoms with Gasteiger partial charge in [0.05, 0.1) is 5.69 Å². The van der Waals surface area contributed by atoms with Crippen LogP contribution >= 0.6 is 11.6 Å². The summed E-state index contributed by atoms with van der Waals surface area (Å²) in [5, 5.41) is 2.05. The van der Waals surface area contributed by atoms with Crippen molar-refractivity contribution in [3.8, 4) is 11.4 Å². The number of halogens is 1. The molecule has 0 unspecified atom stereocenters. The zero-order valence-electron chi connectivity index (χ0n) is 18.9. The monoisotopic (exact) mass is 464 g/mol. The average Bonchev–Trinajstić information content (AvgIpc) is 3.21. The van der Waals surface area contributed by atoms with Crippen LogP contribution in [0.1, 0.15) is 22.4 Å². The van der Waals surface area contributed by atoms with Gasteiger partial charge in [0.2, 0.25) is 0 Å². The molecular formula is C29H25ClN4. The Kier molecular flexibility index (Phi) is 5.61. The first-order valence-corrected chi connectivity index (χ1v) is 12.0.